The number of aliphatic hydroxyl groups is 1. The number of esters is 1. The van der Waals surface area contributed by atoms with Gasteiger partial charge in [-0.2, -0.15) is 0 Å². The van der Waals surface area contributed by atoms with Crippen molar-refractivity contribution >= 4 is 5.97 Å². The molecular formula is C20H40O3. The number of hydrogen-bond acceptors (Lipinski definition) is 3. The Labute approximate surface area is 144 Å². The Morgan fingerprint density at radius 2 is 1.30 bits per heavy atom. The maximum atomic E-state index is 12.3. The van der Waals surface area contributed by atoms with E-state index in [4.69, 9.17) is 9.84 Å². The summed E-state index contributed by atoms with van der Waals surface area (Å²) < 4.78 is 5.41. The largest absolute Gasteiger partial charge is 0.465 e. The van der Waals surface area contributed by atoms with Gasteiger partial charge in [-0.1, -0.05) is 78.1 Å². The molecule has 138 valence electrons. The topological polar surface area (TPSA) is 46.5 Å². The quantitative estimate of drug-likeness (QED) is 0.278. The summed E-state index contributed by atoms with van der Waals surface area (Å²) in [6.07, 6.45) is 15.9. The van der Waals surface area contributed by atoms with E-state index in [9.17, 15) is 4.79 Å². The van der Waals surface area contributed by atoms with Crippen LogP contribution in [-0.4, -0.2) is 24.3 Å². The van der Waals surface area contributed by atoms with E-state index in [1.165, 1.54) is 51.4 Å². The molecule has 3 nitrogen and oxygen atoms in total. The minimum atomic E-state index is -0.00648. The summed E-state index contributed by atoms with van der Waals surface area (Å²) in [6, 6.07) is 0. The Morgan fingerprint density at radius 1 is 0.783 bits per heavy atom. The van der Waals surface area contributed by atoms with Crippen LogP contribution in [0, 0.1) is 5.92 Å². The van der Waals surface area contributed by atoms with Gasteiger partial charge >= 0.3 is 5.97 Å². The van der Waals surface area contributed by atoms with Gasteiger partial charge in [0.05, 0.1) is 12.5 Å². The highest BCUT2D eigenvalue weighted by Gasteiger charge is 2.19. The van der Waals surface area contributed by atoms with E-state index >= 15 is 0 Å². The lowest BCUT2D eigenvalue weighted by Crippen LogP contribution is -2.19. The van der Waals surface area contributed by atoms with Crippen LogP contribution < -0.4 is 0 Å². The number of carbonyl (C=O) groups is 1. The molecule has 0 heterocycles. The van der Waals surface area contributed by atoms with Crippen LogP contribution in [0.15, 0.2) is 0 Å². The minimum Gasteiger partial charge on any atom is -0.465 e. The molecule has 1 N–H and O–H groups in total. The molecule has 0 aromatic rings. The summed E-state index contributed by atoms with van der Waals surface area (Å²) in [5, 5.41) is 8.77. The molecule has 0 radical (unpaired) electrons. The van der Waals surface area contributed by atoms with Gasteiger partial charge in [-0.15, -0.1) is 0 Å². The Balaban J connectivity index is 3.98. The summed E-state index contributed by atoms with van der Waals surface area (Å²) in [5.74, 6) is 0.0835. The maximum absolute atomic E-state index is 12.3. The molecule has 1 atom stereocenters. The molecular weight excluding hydrogens is 288 g/mol. The van der Waals surface area contributed by atoms with Gasteiger partial charge in [0.1, 0.15) is 0 Å². The van der Waals surface area contributed by atoms with Crippen molar-refractivity contribution in [2.75, 3.05) is 13.2 Å². The van der Waals surface area contributed by atoms with Crippen LogP contribution in [0.5, 0.6) is 0 Å². The lowest BCUT2D eigenvalue weighted by atomic mass is 9.94. The van der Waals surface area contributed by atoms with Crippen molar-refractivity contribution in [1.29, 1.82) is 0 Å². The van der Waals surface area contributed by atoms with E-state index in [-0.39, 0.29) is 18.5 Å². The molecule has 0 aliphatic rings. The number of unbranched alkanes of at least 4 members (excludes halogenated alkanes) is 9. The van der Waals surface area contributed by atoms with Crippen LogP contribution in [0.3, 0.4) is 0 Å². The van der Waals surface area contributed by atoms with Crippen molar-refractivity contribution in [3.8, 4) is 0 Å². The molecule has 3 heteroatoms. The van der Waals surface area contributed by atoms with Gasteiger partial charge in [-0.3, -0.25) is 4.79 Å². The number of aliphatic hydroxyl groups excluding tert-OH is 1. The normalized spacial score (nSPS) is 12.3. The summed E-state index contributed by atoms with van der Waals surface area (Å²) in [6.45, 7) is 5.08. The Morgan fingerprint density at radius 3 is 1.87 bits per heavy atom. The molecule has 0 fully saturated rings. The molecule has 0 spiro atoms. The number of carbonyl (C=O) groups excluding carboxylic acids is 1. The van der Waals surface area contributed by atoms with Crippen molar-refractivity contribution in [2.24, 2.45) is 5.92 Å². The van der Waals surface area contributed by atoms with Gasteiger partial charge < -0.3 is 9.84 Å². The standard InChI is InChI=1S/C20H40O3/c1-3-5-7-9-10-12-16-19(15-11-8-6-4-2)20(22)23-18-14-13-17-21/h19,21H,3-18H2,1-2H3. The summed E-state index contributed by atoms with van der Waals surface area (Å²) in [7, 11) is 0. The molecule has 0 saturated carbocycles. The summed E-state index contributed by atoms with van der Waals surface area (Å²) in [5.41, 5.74) is 0. The third kappa shape index (κ3) is 14.7. The summed E-state index contributed by atoms with van der Waals surface area (Å²) in [4.78, 5) is 12.3. The Kier molecular flexibility index (Phi) is 17.3. The molecule has 0 rings (SSSR count). The first-order valence-electron chi connectivity index (χ1n) is 10.0. The third-order valence-corrected chi connectivity index (χ3v) is 4.44. The van der Waals surface area contributed by atoms with E-state index in [0.29, 0.717) is 13.0 Å². The Bertz CT molecular complexity index is 253. The second kappa shape index (κ2) is 17.8. The SMILES string of the molecule is CCCCCCCCC(CCCCCC)C(=O)OCCCCO. The van der Waals surface area contributed by atoms with Gasteiger partial charge in [-0.05, 0) is 25.7 Å². The Hall–Kier alpha value is -0.570. The number of hydrogen-bond donors (Lipinski definition) is 1. The zero-order valence-corrected chi connectivity index (χ0v) is 15.7. The average Bonchev–Trinajstić information content (AvgIpc) is 2.56. The molecule has 0 aliphatic heterocycles. The third-order valence-electron chi connectivity index (χ3n) is 4.44. The summed E-state index contributed by atoms with van der Waals surface area (Å²) >= 11 is 0. The molecule has 23 heavy (non-hydrogen) atoms. The second-order valence-electron chi connectivity index (χ2n) is 6.70. The number of ether oxygens (including phenoxy) is 1. The van der Waals surface area contributed by atoms with Crippen LogP contribution in [0.25, 0.3) is 0 Å². The van der Waals surface area contributed by atoms with Crippen LogP contribution in [0.1, 0.15) is 104 Å². The fourth-order valence-electron chi connectivity index (χ4n) is 2.87. The van der Waals surface area contributed by atoms with Crippen molar-refractivity contribution in [1.82, 2.24) is 0 Å². The zero-order valence-electron chi connectivity index (χ0n) is 15.7. The molecule has 1 unspecified atom stereocenters. The van der Waals surface area contributed by atoms with Gasteiger partial charge in [0.15, 0.2) is 0 Å². The van der Waals surface area contributed by atoms with E-state index in [1.54, 1.807) is 0 Å². The monoisotopic (exact) mass is 328 g/mol. The number of rotatable bonds is 17. The predicted octanol–water partition coefficient (Wildman–Crippen LogP) is 5.64. The van der Waals surface area contributed by atoms with Crippen LogP contribution in [0.2, 0.25) is 0 Å². The first kappa shape index (κ1) is 22.4. The molecule has 0 aromatic heterocycles. The van der Waals surface area contributed by atoms with Crippen LogP contribution in [-0.2, 0) is 9.53 Å². The van der Waals surface area contributed by atoms with Gasteiger partial charge in [-0.25, -0.2) is 0 Å². The highest BCUT2D eigenvalue weighted by molar-refractivity contribution is 5.72. The highest BCUT2D eigenvalue weighted by Crippen LogP contribution is 2.20. The van der Waals surface area contributed by atoms with E-state index in [0.717, 1.165) is 32.1 Å². The first-order valence-corrected chi connectivity index (χ1v) is 10.0. The molecule has 0 aromatic carbocycles. The minimum absolute atomic E-state index is 0.00648. The van der Waals surface area contributed by atoms with E-state index in [2.05, 4.69) is 13.8 Å². The lowest BCUT2D eigenvalue weighted by Gasteiger charge is -2.16. The van der Waals surface area contributed by atoms with Crippen molar-refractivity contribution < 1.29 is 14.6 Å². The maximum Gasteiger partial charge on any atom is 0.308 e. The van der Waals surface area contributed by atoms with Crippen molar-refractivity contribution in [3.05, 3.63) is 0 Å². The van der Waals surface area contributed by atoms with Gasteiger partial charge in [0, 0.05) is 6.61 Å². The second-order valence-corrected chi connectivity index (χ2v) is 6.70. The first-order chi connectivity index (χ1) is 11.3. The molecule has 0 aliphatic carbocycles. The highest BCUT2D eigenvalue weighted by atomic mass is 16.5. The smallest absolute Gasteiger partial charge is 0.308 e. The van der Waals surface area contributed by atoms with Crippen LogP contribution in [0.4, 0.5) is 0 Å². The molecule has 0 saturated heterocycles. The lowest BCUT2D eigenvalue weighted by molar-refractivity contribution is -0.149. The average molecular weight is 329 g/mol. The molecule has 0 amide bonds. The fourth-order valence-corrected chi connectivity index (χ4v) is 2.87. The predicted molar refractivity (Wildman–Crippen MR) is 97.5 cm³/mol. The fraction of sp³-hybridized carbons (Fsp3) is 0.950. The van der Waals surface area contributed by atoms with E-state index in [1.807, 2.05) is 0 Å². The van der Waals surface area contributed by atoms with Crippen molar-refractivity contribution in [2.45, 2.75) is 104 Å². The van der Waals surface area contributed by atoms with E-state index < -0.39 is 0 Å². The zero-order chi connectivity index (χ0) is 17.2. The van der Waals surface area contributed by atoms with Crippen molar-refractivity contribution in [3.63, 3.8) is 0 Å². The van der Waals surface area contributed by atoms with Gasteiger partial charge in [0.2, 0.25) is 0 Å². The molecule has 0 bridgehead atoms. The van der Waals surface area contributed by atoms with Gasteiger partial charge in [0.25, 0.3) is 0 Å². The van der Waals surface area contributed by atoms with Crippen LogP contribution >= 0.6 is 0 Å².